The number of rotatable bonds is 2. The van der Waals surface area contributed by atoms with E-state index >= 15 is 0 Å². The zero-order valence-corrected chi connectivity index (χ0v) is 13.2. The summed E-state index contributed by atoms with van der Waals surface area (Å²) in [5.41, 5.74) is 10.3. The Morgan fingerprint density at radius 3 is 2.74 bits per heavy atom. The molecule has 2 aromatic carbocycles. The van der Waals surface area contributed by atoms with Crippen LogP contribution in [0.25, 0.3) is 0 Å². The number of hydrogen-bond acceptors (Lipinski definition) is 3. The van der Waals surface area contributed by atoms with Gasteiger partial charge in [-0.1, -0.05) is 41.9 Å². The second-order valence-electron chi connectivity index (χ2n) is 5.97. The van der Waals surface area contributed by atoms with Gasteiger partial charge in [0.15, 0.2) is 6.17 Å². The molecule has 1 heterocycles. The molecule has 1 atom stereocenters. The van der Waals surface area contributed by atoms with E-state index in [1.54, 1.807) is 6.07 Å². The maximum atomic E-state index is 12.1. The number of nitrogens with zero attached hydrogens (tertiary/aromatic N) is 1. The average Bonchev–Trinajstić information content (AvgIpc) is 3.39. The van der Waals surface area contributed by atoms with Gasteiger partial charge in [0.1, 0.15) is 0 Å². The van der Waals surface area contributed by atoms with E-state index in [4.69, 9.17) is 17.3 Å². The number of benzodiazepines with no additional fused rings is 1. The van der Waals surface area contributed by atoms with E-state index in [1.807, 2.05) is 24.3 Å². The van der Waals surface area contributed by atoms with E-state index in [0.29, 0.717) is 22.3 Å². The lowest BCUT2D eigenvalue weighted by molar-refractivity contribution is -0.117. The minimum Gasteiger partial charge on any atom is -0.321 e. The van der Waals surface area contributed by atoms with Gasteiger partial charge in [-0.15, -0.1) is 0 Å². The smallest absolute Gasteiger partial charge is 0.263 e. The first-order valence-corrected chi connectivity index (χ1v) is 8.05. The van der Waals surface area contributed by atoms with E-state index < -0.39 is 6.17 Å². The fraction of sp³-hybridized carbons (Fsp3) is 0.222. The van der Waals surface area contributed by atoms with Crippen LogP contribution in [0.1, 0.15) is 35.4 Å². The highest BCUT2D eigenvalue weighted by Gasteiger charge is 2.27. The molecule has 0 spiro atoms. The summed E-state index contributed by atoms with van der Waals surface area (Å²) in [7, 11) is 0. The Labute approximate surface area is 139 Å². The zero-order chi connectivity index (χ0) is 16.0. The second kappa shape index (κ2) is 5.48. The highest BCUT2D eigenvalue weighted by atomic mass is 35.5. The first kappa shape index (κ1) is 14.4. The third kappa shape index (κ3) is 2.64. The van der Waals surface area contributed by atoms with Gasteiger partial charge in [-0.3, -0.25) is 9.79 Å². The van der Waals surface area contributed by atoms with Crippen LogP contribution >= 0.6 is 11.6 Å². The van der Waals surface area contributed by atoms with E-state index in [9.17, 15) is 4.79 Å². The number of carbonyl (C=O) groups excluding carboxylic acids is 1. The van der Waals surface area contributed by atoms with E-state index in [1.165, 1.54) is 18.4 Å². The van der Waals surface area contributed by atoms with Crippen LogP contribution in [0.2, 0.25) is 5.02 Å². The number of fused-ring (bicyclic) bond motifs is 1. The van der Waals surface area contributed by atoms with Crippen LogP contribution < -0.4 is 11.1 Å². The summed E-state index contributed by atoms with van der Waals surface area (Å²) >= 11 is 6.26. The normalized spacial score (nSPS) is 20.3. The Kier molecular flexibility index (Phi) is 3.43. The fourth-order valence-electron chi connectivity index (χ4n) is 2.90. The molecule has 4 rings (SSSR count). The summed E-state index contributed by atoms with van der Waals surface area (Å²) in [6.07, 6.45) is 1.52. The predicted octanol–water partition coefficient (Wildman–Crippen LogP) is 3.29. The third-order valence-electron chi connectivity index (χ3n) is 4.26. The largest absolute Gasteiger partial charge is 0.321 e. The fourth-order valence-corrected chi connectivity index (χ4v) is 3.12. The molecular weight excluding hydrogens is 310 g/mol. The summed E-state index contributed by atoms with van der Waals surface area (Å²) in [6, 6.07) is 13.8. The van der Waals surface area contributed by atoms with Crippen molar-refractivity contribution in [1.82, 2.24) is 0 Å². The van der Waals surface area contributed by atoms with Crippen molar-refractivity contribution in [2.75, 3.05) is 5.32 Å². The van der Waals surface area contributed by atoms with Gasteiger partial charge in [-0.2, -0.15) is 0 Å². The molecule has 3 N–H and O–H groups in total. The molecule has 0 saturated heterocycles. The number of halogens is 1. The summed E-state index contributed by atoms with van der Waals surface area (Å²) in [4.78, 5) is 16.5. The molecule has 2 aliphatic rings. The molecule has 2 aromatic rings. The highest BCUT2D eigenvalue weighted by molar-refractivity contribution is 6.35. The lowest BCUT2D eigenvalue weighted by Crippen LogP contribution is -2.33. The number of aliphatic imine (C=N–C) groups is 1. The van der Waals surface area contributed by atoms with Crippen molar-refractivity contribution in [2.45, 2.75) is 24.9 Å². The molecule has 0 bridgehead atoms. The molecule has 1 aliphatic carbocycles. The molecule has 1 fully saturated rings. The van der Waals surface area contributed by atoms with Crippen molar-refractivity contribution < 1.29 is 4.79 Å². The molecular formula is C18H16ClN3O. The van der Waals surface area contributed by atoms with Crippen molar-refractivity contribution in [3.8, 4) is 0 Å². The van der Waals surface area contributed by atoms with E-state index in [-0.39, 0.29) is 5.91 Å². The molecule has 116 valence electrons. The van der Waals surface area contributed by atoms with Crippen molar-refractivity contribution in [1.29, 1.82) is 0 Å². The summed E-state index contributed by atoms with van der Waals surface area (Å²) in [6.45, 7) is 0. The quantitative estimate of drug-likeness (QED) is 0.889. The van der Waals surface area contributed by atoms with Crippen molar-refractivity contribution in [3.63, 3.8) is 0 Å². The molecule has 1 unspecified atom stereocenters. The van der Waals surface area contributed by atoms with Crippen LogP contribution in [-0.2, 0) is 4.79 Å². The molecule has 23 heavy (non-hydrogen) atoms. The topological polar surface area (TPSA) is 67.5 Å². The monoisotopic (exact) mass is 325 g/mol. The molecule has 5 heteroatoms. The minimum atomic E-state index is -0.946. The van der Waals surface area contributed by atoms with Crippen LogP contribution in [0.5, 0.6) is 0 Å². The lowest BCUT2D eigenvalue weighted by atomic mass is 9.98. The minimum absolute atomic E-state index is 0.354. The van der Waals surface area contributed by atoms with E-state index in [0.717, 1.165) is 11.1 Å². The Bertz CT molecular complexity index is 827. The number of hydrogen-bond donors (Lipinski definition) is 2. The first-order valence-electron chi connectivity index (χ1n) is 7.67. The van der Waals surface area contributed by atoms with Gasteiger partial charge >= 0.3 is 0 Å². The Hall–Kier alpha value is -2.17. The van der Waals surface area contributed by atoms with Crippen molar-refractivity contribution in [2.24, 2.45) is 10.7 Å². The van der Waals surface area contributed by atoms with Gasteiger partial charge in [0.05, 0.1) is 16.4 Å². The maximum absolute atomic E-state index is 12.1. The molecule has 4 nitrogen and oxygen atoms in total. The number of amides is 1. The summed E-state index contributed by atoms with van der Waals surface area (Å²) in [5, 5.41) is 3.26. The number of benzene rings is 2. The van der Waals surface area contributed by atoms with Gasteiger partial charge in [-0.25, -0.2) is 0 Å². The highest BCUT2D eigenvalue weighted by Crippen LogP contribution is 2.40. The number of para-hydroxylation sites is 1. The number of carbonyl (C=O) groups is 1. The van der Waals surface area contributed by atoms with Crippen LogP contribution in [0.3, 0.4) is 0 Å². The Morgan fingerprint density at radius 2 is 1.96 bits per heavy atom. The Balaban J connectivity index is 1.89. The van der Waals surface area contributed by atoms with Gasteiger partial charge in [-0.05, 0) is 36.5 Å². The predicted molar refractivity (Wildman–Crippen MR) is 92.1 cm³/mol. The molecule has 0 aromatic heterocycles. The SMILES string of the molecule is NC1N=C(c2cccc(C3CC3)c2)c2cccc(Cl)c2NC1=O. The third-order valence-corrected chi connectivity index (χ3v) is 4.58. The van der Waals surface area contributed by atoms with Gasteiger partial charge in [0.2, 0.25) is 0 Å². The Morgan fingerprint density at radius 1 is 1.17 bits per heavy atom. The van der Waals surface area contributed by atoms with E-state index in [2.05, 4.69) is 22.4 Å². The maximum Gasteiger partial charge on any atom is 0.263 e. The molecule has 1 saturated carbocycles. The summed E-state index contributed by atoms with van der Waals surface area (Å²) in [5.74, 6) is 0.293. The van der Waals surface area contributed by atoms with Crippen LogP contribution in [0.15, 0.2) is 47.5 Å². The van der Waals surface area contributed by atoms with Gasteiger partial charge in [0, 0.05) is 11.1 Å². The van der Waals surface area contributed by atoms with Crippen molar-refractivity contribution in [3.05, 3.63) is 64.2 Å². The zero-order valence-electron chi connectivity index (χ0n) is 12.4. The summed E-state index contributed by atoms with van der Waals surface area (Å²) < 4.78 is 0. The lowest BCUT2D eigenvalue weighted by Gasteiger charge is -2.12. The average molecular weight is 326 g/mol. The van der Waals surface area contributed by atoms with Crippen LogP contribution in [0, 0.1) is 0 Å². The van der Waals surface area contributed by atoms with Crippen LogP contribution in [0.4, 0.5) is 5.69 Å². The molecule has 1 amide bonds. The number of nitrogens with one attached hydrogen (secondary N) is 1. The standard InChI is InChI=1S/C18H16ClN3O/c19-14-6-2-5-13-15(21-17(20)18(23)22-16(13)14)12-4-1-3-11(9-12)10-7-8-10/h1-6,9-10,17H,7-8,20H2,(H,22,23). The number of nitrogens with two attached hydrogens (primary N) is 1. The molecule has 0 radical (unpaired) electrons. The van der Waals surface area contributed by atoms with Crippen molar-refractivity contribution >= 4 is 28.9 Å². The second-order valence-corrected chi connectivity index (χ2v) is 6.38. The molecule has 1 aliphatic heterocycles. The van der Waals surface area contributed by atoms with Gasteiger partial charge < -0.3 is 11.1 Å². The number of anilines is 1. The van der Waals surface area contributed by atoms with Gasteiger partial charge in [0.25, 0.3) is 5.91 Å². The first-order chi connectivity index (χ1) is 11.1. The van der Waals surface area contributed by atoms with Crippen LogP contribution in [-0.4, -0.2) is 17.8 Å².